The van der Waals surface area contributed by atoms with Crippen molar-refractivity contribution < 1.29 is 0 Å². The van der Waals surface area contributed by atoms with Crippen LogP contribution in [0.5, 0.6) is 0 Å². The van der Waals surface area contributed by atoms with E-state index in [4.69, 9.17) is 0 Å². The van der Waals surface area contributed by atoms with Crippen molar-refractivity contribution in [2.75, 3.05) is 0 Å². The molecule has 0 aliphatic carbocycles. The predicted molar refractivity (Wildman–Crippen MR) is 102 cm³/mol. The first-order valence-corrected chi connectivity index (χ1v) is 11.0. The zero-order valence-electron chi connectivity index (χ0n) is 14.3. The third-order valence-corrected chi connectivity index (χ3v) is 11.7. The maximum Gasteiger partial charge on any atom is 0.146 e. The Kier molecular flexibility index (Phi) is 5.19. The van der Waals surface area contributed by atoms with Crippen LogP contribution in [0.2, 0.25) is 16.6 Å². The summed E-state index contributed by atoms with van der Waals surface area (Å²) in [4.78, 5) is 0. The van der Waals surface area contributed by atoms with Crippen LogP contribution in [0, 0.1) is 11.5 Å². The molecule has 1 aromatic heterocycles. The van der Waals surface area contributed by atoms with E-state index in [1.165, 1.54) is 0 Å². The van der Waals surface area contributed by atoms with Gasteiger partial charge >= 0.3 is 0 Å². The average molecular weight is 377 g/mol. The minimum absolute atomic E-state index is 0.645. The van der Waals surface area contributed by atoms with Crippen molar-refractivity contribution in [2.24, 2.45) is 0 Å². The molecule has 0 unspecified atom stereocenters. The second kappa shape index (κ2) is 6.60. The number of benzene rings is 1. The summed E-state index contributed by atoms with van der Waals surface area (Å²) in [6.07, 6.45) is 0. The van der Waals surface area contributed by atoms with Crippen molar-refractivity contribution in [3.05, 3.63) is 28.4 Å². The summed E-state index contributed by atoms with van der Waals surface area (Å²) in [6.45, 7) is 14.1. The first-order chi connectivity index (χ1) is 10.3. The molecule has 22 heavy (non-hydrogen) atoms. The fourth-order valence-corrected chi connectivity index (χ4v) is 9.46. The lowest BCUT2D eigenvalue weighted by molar-refractivity contribution is 0.838. The lowest BCUT2D eigenvalue weighted by Gasteiger charge is -2.38. The summed E-state index contributed by atoms with van der Waals surface area (Å²) in [5.41, 5.74) is 7.75. The van der Waals surface area contributed by atoms with Crippen LogP contribution in [0.25, 0.3) is 10.9 Å². The predicted octanol–water partition coefficient (Wildman–Crippen LogP) is 5.89. The number of aromatic amines is 1. The molecule has 0 saturated carbocycles. The number of fused-ring (bicyclic) bond motifs is 1. The Labute approximate surface area is 143 Å². The fraction of sp³-hybridized carbons (Fsp3) is 0.500. The van der Waals surface area contributed by atoms with Crippen molar-refractivity contribution in [2.45, 2.75) is 58.2 Å². The van der Waals surface area contributed by atoms with Gasteiger partial charge in [-0.3, -0.25) is 5.10 Å². The number of hydrogen-bond acceptors (Lipinski definition) is 1. The van der Waals surface area contributed by atoms with Gasteiger partial charge in [0.15, 0.2) is 0 Å². The van der Waals surface area contributed by atoms with Crippen LogP contribution < -0.4 is 0 Å². The third-order valence-electron chi connectivity index (χ3n) is 4.82. The van der Waals surface area contributed by atoms with Crippen molar-refractivity contribution in [3.63, 3.8) is 0 Å². The van der Waals surface area contributed by atoms with Crippen molar-refractivity contribution in [1.82, 2.24) is 10.2 Å². The van der Waals surface area contributed by atoms with Gasteiger partial charge in [-0.15, -0.1) is 5.54 Å². The van der Waals surface area contributed by atoms with E-state index in [2.05, 4.69) is 85.2 Å². The van der Waals surface area contributed by atoms with Gasteiger partial charge in [-0.1, -0.05) is 53.5 Å². The van der Waals surface area contributed by atoms with Gasteiger partial charge in [-0.25, -0.2) is 0 Å². The number of H-pyrrole nitrogens is 1. The SMILES string of the molecule is CC(C)[Si](C#Cc1cccc2n[nH]c(Br)c12)(C(C)C)C(C)C. The van der Waals surface area contributed by atoms with Gasteiger partial charge < -0.3 is 0 Å². The fourth-order valence-electron chi connectivity index (χ4n) is 3.74. The van der Waals surface area contributed by atoms with E-state index in [1.54, 1.807) is 0 Å². The summed E-state index contributed by atoms with van der Waals surface area (Å²) in [6, 6.07) is 6.14. The largest absolute Gasteiger partial charge is 0.270 e. The zero-order chi connectivity index (χ0) is 16.5. The number of nitrogens with one attached hydrogen (secondary N) is 1. The van der Waals surface area contributed by atoms with Gasteiger partial charge in [0.2, 0.25) is 0 Å². The molecule has 2 rings (SSSR count). The van der Waals surface area contributed by atoms with E-state index in [1.807, 2.05) is 12.1 Å². The van der Waals surface area contributed by atoms with Crippen LogP contribution in [-0.4, -0.2) is 18.3 Å². The molecule has 1 heterocycles. The van der Waals surface area contributed by atoms with E-state index in [0.29, 0.717) is 16.6 Å². The summed E-state index contributed by atoms with van der Waals surface area (Å²) in [7, 11) is -1.70. The van der Waals surface area contributed by atoms with Crippen molar-refractivity contribution in [3.8, 4) is 11.5 Å². The maximum atomic E-state index is 4.30. The Morgan fingerprint density at radius 1 is 1.05 bits per heavy atom. The van der Waals surface area contributed by atoms with E-state index in [9.17, 15) is 0 Å². The highest BCUT2D eigenvalue weighted by atomic mass is 79.9. The lowest BCUT2D eigenvalue weighted by atomic mass is 10.1. The summed E-state index contributed by atoms with van der Waals surface area (Å²) in [5, 5.41) is 8.38. The Hall–Kier alpha value is -1.05. The molecule has 0 aliphatic heterocycles. The second-order valence-corrected chi connectivity index (χ2v) is 13.3. The van der Waals surface area contributed by atoms with Crippen LogP contribution >= 0.6 is 15.9 Å². The molecular weight excluding hydrogens is 352 g/mol. The molecule has 0 aliphatic rings. The minimum Gasteiger partial charge on any atom is -0.270 e. The Balaban J connectivity index is 2.60. The van der Waals surface area contributed by atoms with E-state index < -0.39 is 8.07 Å². The molecule has 0 saturated heterocycles. The molecule has 0 bridgehead atoms. The smallest absolute Gasteiger partial charge is 0.146 e. The van der Waals surface area contributed by atoms with E-state index >= 15 is 0 Å². The average Bonchev–Trinajstić information content (AvgIpc) is 2.81. The number of nitrogens with zero attached hydrogens (tertiary/aromatic N) is 1. The third kappa shape index (κ3) is 2.89. The van der Waals surface area contributed by atoms with Gasteiger partial charge in [-0.05, 0) is 44.7 Å². The molecule has 1 N–H and O–H groups in total. The molecule has 2 aromatic rings. The van der Waals surface area contributed by atoms with Crippen LogP contribution in [-0.2, 0) is 0 Å². The van der Waals surface area contributed by atoms with Crippen LogP contribution in [0.3, 0.4) is 0 Å². The van der Waals surface area contributed by atoms with Gasteiger partial charge in [-0.2, -0.15) is 5.10 Å². The number of halogens is 1. The quantitative estimate of drug-likeness (QED) is 0.524. The summed E-state index contributed by atoms with van der Waals surface area (Å²) < 4.78 is 0.915. The molecule has 0 atom stereocenters. The highest BCUT2D eigenvalue weighted by Gasteiger charge is 2.41. The maximum absolute atomic E-state index is 4.30. The van der Waals surface area contributed by atoms with Crippen molar-refractivity contribution >= 4 is 34.9 Å². The van der Waals surface area contributed by atoms with Crippen LogP contribution in [0.1, 0.15) is 47.1 Å². The molecule has 4 heteroatoms. The minimum atomic E-state index is -1.70. The molecule has 0 spiro atoms. The first kappa shape index (κ1) is 17.3. The topological polar surface area (TPSA) is 28.7 Å². The monoisotopic (exact) mass is 376 g/mol. The summed E-state index contributed by atoms with van der Waals surface area (Å²) in [5.74, 6) is 3.52. The molecule has 2 nitrogen and oxygen atoms in total. The van der Waals surface area contributed by atoms with Gasteiger partial charge in [0.05, 0.1) is 5.52 Å². The molecular formula is C18H25BrN2Si. The molecule has 0 radical (unpaired) electrons. The van der Waals surface area contributed by atoms with Gasteiger partial charge in [0, 0.05) is 10.9 Å². The standard InChI is InChI=1S/C18H25BrN2Si/c1-12(2)22(13(3)4,14(5)6)11-10-15-8-7-9-16-17(15)18(19)21-20-16/h7-9,12-14H,1-6H3,(H,20,21). The summed E-state index contributed by atoms with van der Waals surface area (Å²) >= 11 is 3.55. The highest BCUT2D eigenvalue weighted by Crippen LogP contribution is 2.41. The molecule has 0 amide bonds. The van der Waals surface area contributed by atoms with Crippen molar-refractivity contribution in [1.29, 1.82) is 0 Å². The second-order valence-electron chi connectivity index (χ2n) is 6.88. The zero-order valence-corrected chi connectivity index (χ0v) is 16.9. The Morgan fingerprint density at radius 3 is 2.18 bits per heavy atom. The highest BCUT2D eigenvalue weighted by molar-refractivity contribution is 9.10. The number of hydrogen-bond donors (Lipinski definition) is 1. The lowest BCUT2D eigenvalue weighted by Crippen LogP contribution is -2.43. The van der Waals surface area contributed by atoms with E-state index in [0.717, 1.165) is 21.1 Å². The van der Waals surface area contributed by atoms with Gasteiger partial charge in [0.25, 0.3) is 0 Å². The van der Waals surface area contributed by atoms with Crippen LogP contribution in [0.4, 0.5) is 0 Å². The molecule has 118 valence electrons. The molecule has 1 aromatic carbocycles. The van der Waals surface area contributed by atoms with E-state index in [-0.39, 0.29) is 0 Å². The normalized spacial score (nSPS) is 12.3. The van der Waals surface area contributed by atoms with Gasteiger partial charge in [0.1, 0.15) is 12.7 Å². The molecule has 0 fully saturated rings. The van der Waals surface area contributed by atoms with Crippen LogP contribution in [0.15, 0.2) is 22.8 Å². The Bertz CT molecular complexity index is 698. The number of rotatable bonds is 3. The number of aromatic nitrogens is 2. The Morgan fingerprint density at radius 2 is 1.64 bits per heavy atom. The first-order valence-electron chi connectivity index (χ1n) is 7.96.